The number of aromatic nitrogens is 2. The van der Waals surface area contributed by atoms with Gasteiger partial charge < -0.3 is 10.2 Å². The van der Waals surface area contributed by atoms with Gasteiger partial charge in [-0.1, -0.05) is 0 Å². The molecule has 1 saturated heterocycles. The van der Waals surface area contributed by atoms with Gasteiger partial charge in [0.05, 0.1) is 0 Å². The summed E-state index contributed by atoms with van der Waals surface area (Å²) in [6, 6.07) is 0.732. The van der Waals surface area contributed by atoms with Gasteiger partial charge in [-0.2, -0.15) is 11.8 Å². The van der Waals surface area contributed by atoms with Gasteiger partial charge in [0.1, 0.15) is 11.6 Å². The van der Waals surface area contributed by atoms with Gasteiger partial charge in [-0.15, -0.1) is 0 Å². The summed E-state index contributed by atoms with van der Waals surface area (Å²) in [7, 11) is 0. The average Bonchev–Trinajstić information content (AvgIpc) is 3.22. The van der Waals surface area contributed by atoms with E-state index in [0.717, 1.165) is 37.3 Å². The Labute approximate surface area is 113 Å². The fourth-order valence-electron chi connectivity index (χ4n) is 2.20. The third-order valence-electron chi connectivity index (χ3n) is 3.43. The third kappa shape index (κ3) is 2.95. The van der Waals surface area contributed by atoms with E-state index in [2.05, 4.69) is 20.2 Å². The van der Waals surface area contributed by atoms with Crippen LogP contribution in [0, 0.1) is 6.92 Å². The minimum atomic E-state index is 0.732. The van der Waals surface area contributed by atoms with Crippen molar-refractivity contribution in [1.82, 2.24) is 15.3 Å². The first-order valence-electron chi connectivity index (χ1n) is 6.71. The van der Waals surface area contributed by atoms with E-state index in [9.17, 15) is 0 Å². The number of hydrogen-bond acceptors (Lipinski definition) is 5. The first kappa shape index (κ1) is 12.2. The highest BCUT2D eigenvalue weighted by molar-refractivity contribution is 7.99. The van der Waals surface area contributed by atoms with Gasteiger partial charge in [0, 0.05) is 48.9 Å². The maximum atomic E-state index is 4.66. The van der Waals surface area contributed by atoms with Crippen LogP contribution in [0.25, 0.3) is 0 Å². The molecule has 1 aliphatic carbocycles. The lowest BCUT2D eigenvalue weighted by Gasteiger charge is -2.29. The Morgan fingerprint density at radius 1 is 1.39 bits per heavy atom. The second kappa shape index (κ2) is 5.45. The molecule has 0 bridgehead atoms. The molecule has 0 aromatic carbocycles. The van der Waals surface area contributed by atoms with E-state index in [1.54, 1.807) is 0 Å². The first-order valence-corrected chi connectivity index (χ1v) is 7.87. The molecular weight excluding hydrogens is 244 g/mol. The van der Waals surface area contributed by atoms with Crippen molar-refractivity contribution in [1.29, 1.82) is 0 Å². The van der Waals surface area contributed by atoms with Crippen LogP contribution >= 0.6 is 11.8 Å². The summed E-state index contributed by atoms with van der Waals surface area (Å²) in [5, 5.41) is 3.56. The number of rotatable bonds is 4. The Morgan fingerprint density at radius 2 is 2.17 bits per heavy atom. The monoisotopic (exact) mass is 264 g/mol. The molecule has 1 saturated carbocycles. The molecule has 1 aliphatic heterocycles. The molecule has 4 nitrogen and oxygen atoms in total. The molecule has 18 heavy (non-hydrogen) atoms. The molecule has 0 spiro atoms. The van der Waals surface area contributed by atoms with Crippen LogP contribution in [0.1, 0.15) is 24.2 Å². The van der Waals surface area contributed by atoms with Gasteiger partial charge in [0.2, 0.25) is 0 Å². The highest BCUT2D eigenvalue weighted by atomic mass is 32.2. The highest BCUT2D eigenvalue weighted by Gasteiger charge is 2.22. The predicted octanol–water partition coefficient (Wildman–Crippen LogP) is 1.59. The van der Waals surface area contributed by atoms with Crippen molar-refractivity contribution < 1.29 is 0 Å². The van der Waals surface area contributed by atoms with Crippen LogP contribution in [0.5, 0.6) is 0 Å². The second-order valence-electron chi connectivity index (χ2n) is 5.02. The summed E-state index contributed by atoms with van der Waals surface area (Å²) in [4.78, 5) is 11.4. The summed E-state index contributed by atoms with van der Waals surface area (Å²) in [6.45, 7) is 5.10. The van der Waals surface area contributed by atoms with Crippen molar-refractivity contribution >= 4 is 17.6 Å². The van der Waals surface area contributed by atoms with E-state index in [4.69, 9.17) is 0 Å². The molecule has 0 atom stereocenters. The number of thioether (sulfide) groups is 1. The molecule has 0 amide bonds. The van der Waals surface area contributed by atoms with E-state index in [0.29, 0.717) is 0 Å². The average molecular weight is 264 g/mol. The quantitative estimate of drug-likeness (QED) is 0.894. The molecule has 2 aliphatic rings. The van der Waals surface area contributed by atoms with Gasteiger partial charge in [-0.25, -0.2) is 9.97 Å². The van der Waals surface area contributed by atoms with Crippen molar-refractivity contribution in [2.24, 2.45) is 0 Å². The Hall–Kier alpha value is -0.810. The van der Waals surface area contributed by atoms with Crippen molar-refractivity contribution in [2.75, 3.05) is 29.5 Å². The van der Waals surface area contributed by atoms with Crippen LogP contribution in [-0.2, 0) is 6.54 Å². The van der Waals surface area contributed by atoms with Crippen LogP contribution in [0.2, 0.25) is 0 Å². The highest BCUT2D eigenvalue weighted by Crippen LogP contribution is 2.23. The Morgan fingerprint density at radius 3 is 2.89 bits per heavy atom. The molecule has 98 valence electrons. The van der Waals surface area contributed by atoms with Gasteiger partial charge >= 0.3 is 0 Å². The van der Waals surface area contributed by atoms with Crippen molar-refractivity contribution in [3.8, 4) is 0 Å². The molecule has 3 rings (SSSR count). The number of nitrogens with one attached hydrogen (secondary N) is 1. The Kier molecular flexibility index (Phi) is 3.70. The van der Waals surface area contributed by atoms with E-state index in [-0.39, 0.29) is 0 Å². The molecule has 1 N–H and O–H groups in total. The van der Waals surface area contributed by atoms with Crippen molar-refractivity contribution in [2.45, 2.75) is 32.4 Å². The fourth-order valence-corrected chi connectivity index (χ4v) is 3.10. The zero-order chi connectivity index (χ0) is 12.4. The Bertz CT molecular complexity index is 413. The van der Waals surface area contributed by atoms with Gasteiger partial charge in [-0.05, 0) is 19.8 Å². The topological polar surface area (TPSA) is 41.1 Å². The normalized spacial score (nSPS) is 20.2. The fraction of sp³-hybridized carbons (Fsp3) is 0.692. The summed E-state index contributed by atoms with van der Waals surface area (Å²) >= 11 is 2.03. The molecule has 5 heteroatoms. The molecular formula is C13H20N4S. The van der Waals surface area contributed by atoms with Crippen molar-refractivity contribution in [3.63, 3.8) is 0 Å². The maximum Gasteiger partial charge on any atom is 0.136 e. The third-order valence-corrected chi connectivity index (χ3v) is 4.37. The van der Waals surface area contributed by atoms with E-state index >= 15 is 0 Å². The van der Waals surface area contributed by atoms with Gasteiger partial charge in [0.15, 0.2) is 0 Å². The number of anilines is 1. The van der Waals surface area contributed by atoms with Gasteiger partial charge in [0.25, 0.3) is 0 Å². The molecule has 0 radical (unpaired) electrons. The maximum absolute atomic E-state index is 4.66. The van der Waals surface area contributed by atoms with Crippen LogP contribution in [0.3, 0.4) is 0 Å². The molecule has 2 heterocycles. The molecule has 1 aromatic heterocycles. The minimum Gasteiger partial charge on any atom is -0.355 e. The van der Waals surface area contributed by atoms with E-state index in [1.807, 2.05) is 24.9 Å². The van der Waals surface area contributed by atoms with Crippen LogP contribution in [0.15, 0.2) is 6.20 Å². The largest absolute Gasteiger partial charge is 0.355 e. The van der Waals surface area contributed by atoms with E-state index in [1.165, 1.54) is 29.9 Å². The summed E-state index contributed by atoms with van der Waals surface area (Å²) < 4.78 is 0. The smallest absolute Gasteiger partial charge is 0.136 e. The van der Waals surface area contributed by atoms with Crippen LogP contribution < -0.4 is 10.2 Å². The van der Waals surface area contributed by atoms with E-state index < -0.39 is 0 Å². The Balaban J connectivity index is 1.77. The number of nitrogens with zero attached hydrogens (tertiary/aromatic N) is 3. The predicted molar refractivity (Wildman–Crippen MR) is 76.2 cm³/mol. The summed E-state index contributed by atoms with van der Waals surface area (Å²) in [5.74, 6) is 4.44. The summed E-state index contributed by atoms with van der Waals surface area (Å²) in [5.41, 5.74) is 1.25. The van der Waals surface area contributed by atoms with Crippen LogP contribution in [0.4, 0.5) is 5.82 Å². The minimum absolute atomic E-state index is 0.732. The summed E-state index contributed by atoms with van der Waals surface area (Å²) in [6.07, 6.45) is 4.64. The molecule has 1 aromatic rings. The number of aryl methyl sites for hydroxylation is 1. The van der Waals surface area contributed by atoms with Crippen LogP contribution in [-0.4, -0.2) is 40.6 Å². The lowest BCUT2D eigenvalue weighted by atomic mass is 10.2. The van der Waals surface area contributed by atoms with Crippen molar-refractivity contribution in [3.05, 3.63) is 17.6 Å². The molecule has 0 unspecified atom stereocenters. The first-order chi connectivity index (χ1) is 8.83. The lowest BCUT2D eigenvalue weighted by Crippen LogP contribution is -2.34. The zero-order valence-corrected chi connectivity index (χ0v) is 11.7. The standard InChI is InChI=1S/C13H20N4S/c1-10-14-8-11(9-15-12-2-3-12)13(16-10)17-4-6-18-7-5-17/h8,12,15H,2-7,9H2,1H3. The zero-order valence-electron chi connectivity index (χ0n) is 10.9. The lowest BCUT2D eigenvalue weighted by molar-refractivity contribution is 0.676. The molecule has 2 fully saturated rings. The SMILES string of the molecule is Cc1ncc(CNC2CC2)c(N2CCSCC2)n1. The number of hydrogen-bond donors (Lipinski definition) is 1. The second-order valence-corrected chi connectivity index (χ2v) is 6.25. The van der Waals surface area contributed by atoms with Gasteiger partial charge in [-0.3, -0.25) is 0 Å².